The topological polar surface area (TPSA) is 79.2 Å². The van der Waals surface area contributed by atoms with Crippen molar-refractivity contribution in [3.8, 4) is 0 Å². The zero-order valence-electron chi connectivity index (χ0n) is 14.1. The Hall–Kier alpha value is -3.15. The molecule has 1 unspecified atom stereocenters. The number of H-pyrrole nitrogens is 1. The molecule has 2 aromatic carbocycles. The third kappa shape index (κ3) is 3.38. The smallest absolute Gasteiger partial charge is 0.269 e. The number of carbonyl (C=O) groups excluding carboxylic acids is 1. The third-order valence-electron chi connectivity index (χ3n) is 4.55. The van der Waals surface area contributed by atoms with E-state index in [9.17, 15) is 14.9 Å². The molecule has 0 bridgehead atoms. The van der Waals surface area contributed by atoms with E-state index in [0.717, 1.165) is 22.0 Å². The Kier molecular flexibility index (Phi) is 4.52. The SMILES string of the molecule is CC(c1cccc([N+](=O)[O-])c1)N(C)C(=O)Cc1c[nH]c2ccccc12. The van der Waals surface area contributed by atoms with Crippen molar-refractivity contribution in [3.05, 3.63) is 76.0 Å². The zero-order chi connectivity index (χ0) is 18.0. The summed E-state index contributed by atoms with van der Waals surface area (Å²) in [6.07, 6.45) is 2.13. The number of hydrogen-bond acceptors (Lipinski definition) is 3. The van der Waals surface area contributed by atoms with Crippen LogP contribution in [0, 0.1) is 10.1 Å². The van der Waals surface area contributed by atoms with Crippen LogP contribution in [0.4, 0.5) is 5.69 Å². The highest BCUT2D eigenvalue weighted by Gasteiger charge is 2.20. The molecule has 1 atom stereocenters. The second kappa shape index (κ2) is 6.76. The molecule has 1 amide bonds. The summed E-state index contributed by atoms with van der Waals surface area (Å²) in [5, 5.41) is 12.0. The molecule has 6 heteroatoms. The predicted octanol–water partition coefficient (Wildman–Crippen LogP) is 3.84. The monoisotopic (exact) mass is 337 g/mol. The molecular formula is C19H19N3O3. The molecule has 0 aliphatic carbocycles. The number of aromatic amines is 1. The Morgan fingerprint density at radius 1 is 1.24 bits per heavy atom. The molecule has 0 aliphatic rings. The maximum Gasteiger partial charge on any atom is 0.269 e. The summed E-state index contributed by atoms with van der Waals surface area (Å²) in [4.78, 5) is 28.0. The van der Waals surface area contributed by atoms with Crippen LogP contribution in [0.1, 0.15) is 24.1 Å². The Labute approximate surface area is 145 Å². The lowest BCUT2D eigenvalue weighted by Gasteiger charge is -2.25. The third-order valence-corrected chi connectivity index (χ3v) is 4.55. The van der Waals surface area contributed by atoms with Gasteiger partial charge in [0.1, 0.15) is 0 Å². The van der Waals surface area contributed by atoms with Crippen molar-refractivity contribution in [2.45, 2.75) is 19.4 Å². The minimum Gasteiger partial charge on any atom is -0.361 e. The van der Waals surface area contributed by atoms with Crippen LogP contribution in [0.15, 0.2) is 54.7 Å². The first-order chi connectivity index (χ1) is 12.0. The number of rotatable bonds is 5. The molecule has 1 aromatic heterocycles. The Bertz CT molecular complexity index is 932. The molecule has 128 valence electrons. The van der Waals surface area contributed by atoms with Gasteiger partial charge in [-0.05, 0) is 24.1 Å². The fraction of sp³-hybridized carbons (Fsp3) is 0.211. The second-order valence-electron chi connectivity index (χ2n) is 6.07. The molecule has 1 N–H and O–H groups in total. The number of nitro groups is 1. The van der Waals surface area contributed by atoms with Gasteiger partial charge in [0.25, 0.3) is 5.69 Å². The highest BCUT2D eigenvalue weighted by Crippen LogP contribution is 2.24. The Morgan fingerprint density at radius 3 is 2.76 bits per heavy atom. The van der Waals surface area contributed by atoms with Crippen molar-refractivity contribution in [1.82, 2.24) is 9.88 Å². The molecule has 0 spiro atoms. The number of carbonyl (C=O) groups is 1. The maximum atomic E-state index is 12.7. The highest BCUT2D eigenvalue weighted by atomic mass is 16.6. The maximum absolute atomic E-state index is 12.7. The molecule has 0 fully saturated rings. The van der Waals surface area contributed by atoms with Crippen LogP contribution in [0.25, 0.3) is 10.9 Å². The van der Waals surface area contributed by atoms with Crippen LogP contribution in [0.5, 0.6) is 0 Å². The molecule has 3 aromatic rings. The Balaban J connectivity index is 1.77. The summed E-state index contributed by atoms with van der Waals surface area (Å²) < 4.78 is 0. The van der Waals surface area contributed by atoms with Gasteiger partial charge in [-0.1, -0.05) is 30.3 Å². The summed E-state index contributed by atoms with van der Waals surface area (Å²) in [6, 6.07) is 14.0. The Morgan fingerprint density at radius 2 is 2.00 bits per heavy atom. The summed E-state index contributed by atoms with van der Waals surface area (Å²) in [6.45, 7) is 1.87. The first kappa shape index (κ1) is 16.7. The van der Waals surface area contributed by atoms with Gasteiger partial charge in [0.05, 0.1) is 17.4 Å². The second-order valence-corrected chi connectivity index (χ2v) is 6.07. The number of hydrogen-bond donors (Lipinski definition) is 1. The van der Waals surface area contributed by atoms with E-state index in [4.69, 9.17) is 0 Å². The van der Waals surface area contributed by atoms with E-state index in [2.05, 4.69) is 4.98 Å². The fourth-order valence-electron chi connectivity index (χ4n) is 2.90. The number of nitrogens with one attached hydrogen (secondary N) is 1. The number of amides is 1. The number of likely N-dealkylation sites (N-methyl/N-ethyl adjacent to an activating group) is 1. The van der Waals surface area contributed by atoms with Gasteiger partial charge in [-0.15, -0.1) is 0 Å². The van der Waals surface area contributed by atoms with Gasteiger partial charge < -0.3 is 9.88 Å². The average molecular weight is 337 g/mol. The molecular weight excluding hydrogens is 318 g/mol. The standard InChI is InChI=1S/C19H19N3O3/c1-13(14-6-5-7-16(10-14)22(24)25)21(2)19(23)11-15-12-20-18-9-4-3-8-17(15)18/h3-10,12-13,20H,11H2,1-2H3. The van der Waals surface area contributed by atoms with Crippen LogP contribution in [-0.4, -0.2) is 27.8 Å². The first-order valence-corrected chi connectivity index (χ1v) is 8.02. The van der Waals surface area contributed by atoms with Gasteiger partial charge in [0.15, 0.2) is 0 Å². The van der Waals surface area contributed by atoms with E-state index in [1.807, 2.05) is 37.4 Å². The van der Waals surface area contributed by atoms with E-state index in [0.29, 0.717) is 0 Å². The van der Waals surface area contributed by atoms with Crippen molar-refractivity contribution in [2.75, 3.05) is 7.05 Å². The number of non-ortho nitro benzene ring substituents is 1. The van der Waals surface area contributed by atoms with Crippen LogP contribution in [-0.2, 0) is 11.2 Å². The van der Waals surface area contributed by atoms with Crippen LogP contribution < -0.4 is 0 Å². The molecule has 25 heavy (non-hydrogen) atoms. The van der Waals surface area contributed by atoms with E-state index in [-0.39, 0.29) is 24.1 Å². The number of para-hydroxylation sites is 1. The van der Waals surface area contributed by atoms with Crippen LogP contribution in [0.2, 0.25) is 0 Å². The van der Waals surface area contributed by atoms with E-state index in [1.165, 1.54) is 12.1 Å². The minimum absolute atomic E-state index is 0.0295. The summed E-state index contributed by atoms with van der Waals surface area (Å²) >= 11 is 0. The van der Waals surface area contributed by atoms with E-state index < -0.39 is 4.92 Å². The van der Waals surface area contributed by atoms with E-state index >= 15 is 0 Å². The normalized spacial score (nSPS) is 12.1. The predicted molar refractivity (Wildman–Crippen MR) is 96.3 cm³/mol. The lowest BCUT2D eigenvalue weighted by Crippen LogP contribution is -2.30. The van der Waals surface area contributed by atoms with Crippen molar-refractivity contribution in [1.29, 1.82) is 0 Å². The lowest BCUT2D eigenvalue weighted by atomic mass is 10.0. The van der Waals surface area contributed by atoms with Crippen molar-refractivity contribution >= 4 is 22.5 Å². The van der Waals surface area contributed by atoms with Gasteiger partial charge >= 0.3 is 0 Å². The summed E-state index contributed by atoms with van der Waals surface area (Å²) in [7, 11) is 1.72. The molecule has 0 radical (unpaired) electrons. The van der Waals surface area contributed by atoms with E-state index in [1.54, 1.807) is 24.1 Å². The number of nitro benzene ring substituents is 1. The molecule has 0 aliphatic heterocycles. The molecule has 6 nitrogen and oxygen atoms in total. The summed E-state index contributed by atoms with van der Waals surface area (Å²) in [5.41, 5.74) is 2.71. The number of fused-ring (bicyclic) bond motifs is 1. The van der Waals surface area contributed by atoms with Gasteiger partial charge in [0.2, 0.25) is 5.91 Å². The largest absolute Gasteiger partial charge is 0.361 e. The van der Waals surface area contributed by atoms with Gasteiger partial charge in [-0.25, -0.2) is 0 Å². The number of nitrogens with zero attached hydrogens (tertiary/aromatic N) is 2. The fourth-order valence-corrected chi connectivity index (χ4v) is 2.90. The first-order valence-electron chi connectivity index (χ1n) is 8.02. The molecule has 0 saturated carbocycles. The van der Waals surface area contributed by atoms with Crippen molar-refractivity contribution in [2.24, 2.45) is 0 Å². The molecule has 3 rings (SSSR count). The number of benzene rings is 2. The molecule has 1 heterocycles. The minimum atomic E-state index is -0.427. The van der Waals surface area contributed by atoms with Crippen LogP contribution >= 0.6 is 0 Å². The van der Waals surface area contributed by atoms with Crippen molar-refractivity contribution < 1.29 is 9.72 Å². The van der Waals surface area contributed by atoms with Gasteiger partial charge in [-0.3, -0.25) is 14.9 Å². The van der Waals surface area contributed by atoms with Crippen LogP contribution in [0.3, 0.4) is 0 Å². The lowest BCUT2D eigenvalue weighted by molar-refractivity contribution is -0.384. The van der Waals surface area contributed by atoms with Crippen molar-refractivity contribution in [3.63, 3.8) is 0 Å². The zero-order valence-corrected chi connectivity index (χ0v) is 14.1. The van der Waals surface area contributed by atoms with Gasteiger partial charge in [0, 0.05) is 36.3 Å². The number of aromatic nitrogens is 1. The molecule has 0 saturated heterocycles. The van der Waals surface area contributed by atoms with Gasteiger partial charge in [-0.2, -0.15) is 0 Å². The average Bonchev–Trinajstić information content (AvgIpc) is 3.03. The quantitative estimate of drug-likeness (QED) is 0.567. The summed E-state index contributed by atoms with van der Waals surface area (Å²) in [5.74, 6) is -0.0382. The highest BCUT2D eigenvalue weighted by molar-refractivity contribution is 5.88.